The molecular weight excluding hydrogens is 284 g/mol. The van der Waals surface area contributed by atoms with E-state index < -0.39 is 5.97 Å². The monoisotopic (exact) mass is 304 g/mol. The first-order chi connectivity index (χ1) is 10.6. The summed E-state index contributed by atoms with van der Waals surface area (Å²) < 4.78 is 0. The summed E-state index contributed by atoms with van der Waals surface area (Å²) in [6.07, 6.45) is 5.38. The van der Waals surface area contributed by atoms with Gasteiger partial charge in [0.25, 0.3) is 0 Å². The van der Waals surface area contributed by atoms with Crippen LogP contribution in [0.1, 0.15) is 32.1 Å². The number of carboxylic acid groups (broad SMARTS) is 1. The summed E-state index contributed by atoms with van der Waals surface area (Å²) >= 11 is 0. The fourth-order valence-electron chi connectivity index (χ4n) is 3.02. The predicted octanol–water partition coefficient (Wildman–Crippen LogP) is 1.29. The van der Waals surface area contributed by atoms with Crippen molar-refractivity contribution in [3.63, 3.8) is 0 Å². The molecular formula is C15H20N4O3. The van der Waals surface area contributed by atoms with Crippen molar-refractivity contribution in [3.05, 3.63) is 12.3 Å². The minimum absolute atomic E-state index is 0.112. The molecule has 0 atom stereocenters. The van der Waals surface area contributed by atoms with Crippen molar-refractivity contribution < 1.29 is 14.7 Å². The van der Waals surface area contributed by atoms with Gasteiger partial charge < -0.3 is 10.0 Å². The Hall–Kier alpha value is -2.18. The minimum atomic E-state index is -0.728. The van der Waals surface area contributed by atoms with E-state index in [1.165, 1.54) is 0 Å². The normalized spacial score (nSPS) is 20.3. The number of aromatic nitrogens is 2. The number of piperidine rings is 2. The zero-order valence-electron chi connectivity index (χ0n) is 12.4. The van der Waals surface area contributed by atoms with Crippen LogP contribution in [0.5, 0.6) is 0 Å². The highest BCUT2D eigenvalue weighted by atomic mass is 16.4. The van der Waals surface area contributed by atoms with Gasteiger partial charge >= 0.3 is 5.97 Å². The molecule has 2 aliphatic heterocycles. The van der Waals surface area contributed by atoms with Crippen LogP contribution < -0.4 is 9.80 Å². The molecule has 1 amide bonds. The first kappa shape index (κ1) is 14.7. The van der Waals surface area contributed by atoms with E-state index in [1.54, 1.807) is 17.2 Å². The van der Waals surface area contributed by atoms with Crippen molar-refractivity contribution in [3.8, 4) is 0 Å². The Labute approximate surface area is 129 Å². The van der Waals surface area contributed by atoms with Gasteiger partial charge in [-0.2, -0.15) is 4.98 Å². The Morgan fingerprint density at radius 3 is 2.68 bits per heavy atom. The van der Waals surface area contributed by atoms with E-state index >= 15 is 0 Å². The van der Waals surface area contributed by atoms with Crippen LogP contribution in [-0.2, 0) is 9.59 Å². The Bertz CT molecular complexity index is 570. The van der Waals surface area contributed by atoms with E-state index in [2.05, 4.69) is 9.97 Å². The zero-order valence-corrected chi connectivity index (χ0v) is 12.4. The van der Waals surface area contributed by atoms with Gasteiger partial charge in [0.15, 0.2) is 0 Å². The molecule has 22 heavy (non-hydrogen) atoms. The lowest BCUT2D eigenvalue weighted by Crippen LogP contribution is -2.38. The lowest BCUT2D eigenvalue weighted by atomic mass is 9.97. The van der Waals surface area contributed by atoms with E-state index in [0.29, 0.717) is 50.7 Å². The van der Waals surface area contributed by atoms with E-state index in [4.69, 9.17) is 5.11 Å². The maximum absolute atomic E-state index is 12.0. The van der Waals surface area contributed by atoms with Gasteiger partial charge in [-0.3, -0.25) is 14.5 Å². The number of carbonyl (C=O) groups excluding carboxylic acids is 1. The topological polar surface area (TPSA) is 86.6 Å². The molecule has 118 valence electrons. The van der Waals surface area contributed by atoms with Crippen LogP contribution in [0.2, 0.25) is 0 Å². The van der Waals surface area contributed by atoms with Crippen LogP contribution in [0.4, 0.5) is 11.8 Å². The molecule has 1 aromatic rings. The van der Waals surface area contributed by atoms with E-state index in [0.717, 1.165) is 12.8 Å². The van der Waals surface area contributed by atoms with Gasteiger partial charge in [0.05, 0.1) is 5.92 Å². The van der Waals surface area contributed by atoms with Gasteiger partial charge in [0.2, 0.25) is 11.9 Å². The molecule has 2 fully saturated rings. The van der Waals surface area contributed by atoms with Gasteiger partial charge in [-0.25, -0.2) is 4.98 Å². The second-order valence-corrected chi connectivity index (χ2v) is 5.82. The van der Waals surface area contributed by atoms with Crippen molar-refractivity contribution in [1.29, 1.82) is 0 Å². The number of hydrogen-bond donors (Lipinski definition) is 1. The third-order valence-corrected chi connectivity index (χ3v) is 4.36. The standard InChI is InChI=1S/C15H20N4O3/c20-13-3-1-2-8-19(13)12-4-7-16-15(17-12)18-9-5-11(6-10-18)14(21)22/h4,7,11H,1-3,5-6,8-10H2,(H,21,22). The lowest BCUT2D eigenvalue weighted by Gasteiger charge is -2.31. The molecule has 3 rings (SSSR count). The lowest BCUT2D eigenvalue weighted by molar-refractivity contribution is -0.142. The molecule has 2 saturated heterocycles. The first-order valence-corrected chi connectivity index (χ1v) is 7.76. The molecule has 0 saturated carbocycles. The fraction of sp³-hybridized carbons (Fsp3) is 0.600. The molecule has 0 aliphatic carbocycles. The van der Waals surface area contributed by atoms with Crippen molar-refractivity contribution in [1.82, 2.24) is 9.97 Å². The molecule has 1 N–H and O–H groups in total. The van der Waals surface area contributed by atoms with Crippen molar-refractivity contribution >= 4 is 23.6 Å². The largest absolute Gasteiger partial charge is 0.481 e. The van der Waals surface area contributed by atoms with Crippen LogP contribution >= 0.6 is 0 Å². The van der Waals surface area contributed by atoms with Crippen molar-refractivity contribution in [2.75, 3.05) is 29.4 Å². The van der Waals surface area contributed by atoms with Crippen LogP contribution in [0.3, 0.4) is 0 Å². The highest BCUT2D eigenvalue weighted by molar-refractivity contribution is 5.93. The molecule has 7 heteroatoms. The Morgan fingerprint density at radius 1 is 1.23 bits per heavy atom. The summed E-state index contributed by atoms with van der Waals surface area (Å²) in [5.41, 5.74) is 0. The number of rotatable bonds is 3. The number of carboxylic acids is 1. The number of hydrogen-bond acceptors (Lipinski definition) is 5. The van der Waals surface area contributed by atoms with Gasteiger partial charge in [0, 0.05) is 32.3 Å². The minimum Gasteiger partial charge on any atom is -0.481 e. The van der Waals surface area contributed by atoms with Crippen LogP contribution in [-0.4, -0.2) is 46.6 Å². The van der Waals surface area contributed by atoms with E-state index in [9.17, 15) is 9.59 Å². The smallest absolute Gasteiger partial charge is 0.306 e. The van der Waals surface area contributed by atoms with E-state index in [-0.39, 0.29) is 11.8 Å². The summed E-state index contributed by atoms with van der Waals surface area (Å²) in [7, 11) is 0. The summed E-state index contributed by atoms with van der Waals surface area (Å²) in [5.74, 6) is 0.339. The first-order valence-electron chi connectivity index (χ1n) is 7.76. The highest BCUT2D eigenvalue weighted by Gasteiger charge is 2.27. The number of carbonyl (C=O) groups is 2. The van der Waals surface area contributed by atoms with Crippen molar-refractivity contribution in [2.45, 2.75) is 32.1 Å². The number of amides is 1. The van der Waals surface area contributed by atoms with Crippen LogP contribution in [0.25, 0.3) is 0 Å². The Morgan fingerprint density at radius 2 is 2.00 bits per heavy atom. The number of aliphatic carboxylic acids is 1. The molecule has 0 radical (unpaired) electrons. The number of anilines is 2. The highest BCUT2D eigenvalue weighted by Crippen LogP contribution is 2.24. The summed E-state index contributed by atoms with van der Waals surface area (Å²) in [6, 6.07) is 1.76. The molecule has 0 spiro atoms. The molecule has 1 aromatic heterocycles. The third kappa shape index (κ3) is 3.03. The summed E-state index contributed by atoms with van der Waals surface area (Å²) in [5, 5.41) is 9.04. The number of nitrogens with zero attached hydrogens (tertiary/aromatic N) is 4. The maximum atomic E-state index is 12.0. The Kier molecular flexibility index (Phi) is 4.22. The second-order valence-electron chi connectivity index (χ2n) is 5.82. The summed E-state index contributed by atoms with van der Waals surface area (Å²) in [4.78, 5) is 35.5. The predicted molar refractivity (Wildman–Crippen MR) is 80.8 cm³/mol. The summed E-state index contributed by atoms with van der Waals surface area (Å²) in [6.45, 7) is 1.97. The molecule has 0 aromatic carbocycles. The second kappa shape index (κ2) is 6.29. The fourth-order valence-corrected chi connectivity index (χ4v) is 3.02. The Balaban J connectivity index is 1.72. The molecule has 0 unspecified atom stereocenters. The third-order valence-electron chi connectivity index (χ3n) is 4.36. The molecule has 0 bridgehead atoms. The van der Waals surface area contributed by atoms with Gasteiger partial charge in [-0.15, -0.1) is 0 Å². The van der Waals surface area contributed by atoms with Gasteiger partial charge in [0.1, 0.15) is 5.82 Å². The van der Waals surface area contributed by atoms with Gasteiger partial charge in [-0.05, 0) is 31.7 Å². The molecule has 2 aliphatic rings. The quantitative estimate of drug-likeness (QED) is 0.905. The average molecular weight is 304 g/mol. The van der Waals surface area contributed by atoms with Crippen LogP contribution in [0, 0.1) is 5.92 Å². The SMILES string of the molecule is O=C(O)C1CCN(c2nccc(N3CCCCC3=O)n2)CC1. The van der Waals surface area contributed by atoms with Gasteiger partial charge in [-0.1, -0.05) is 0 Å². The average Bonchev–Trinajstić information content (AvgIpc) is 2.55. The van der Waals surface area contributed by atoms with Crippen LogP contribution in [0.15, 0.2) is 12.3 Å². The molecule has 7 nitrogen and oxygen atoms in total. The van der Waals surface area contributed by atoms with Crippen molar-refractivity contribution in [2.24, 2.45) is 5.92 Å². The van der Waals surface area contributed by atoms with E-state index in [1.807, 2.05) is 4.90 Å². The molecule has 3 heterocycles. The zero-order chi connectivity index (χ0) is 15.5. The maximum Gasteiger partial charge on any atom is 0.306 e.